The molecular formula is C28H28ClF3N4O3. The summed E-state index contributed by atoms with van der Waals surface area (Å²) in [5.74, 6) is -1.26. The van der Waals surface area contributed by atoms with Gasteiger partial charge >= 0.3 is 6.18 Å². The van der Waals surface area contributed by atoms with Crippen LogP contribution in [0.25, 0.3) is 10.9 Å². The number of para-hydroxylation sites is 1. The molecule has 5 rings (SSSR count). The van der Waals surface area contributed by atoms with Gasteiger partial charge in [-0.25, -0.2) is 0 Å². The fourth-order valence-corrected chi connectivity index (χ4v) is 5.62. The Morgan fingerprint density at radius 2 is 1.67 bits per heavy atom. The number of piperazine rings is 1. The molecular weight excluding hydrogens is 533 g/mol. The number of carbonyl (C=O) groups excluding carboxylic acids is 3. The van der Waals surface area contributed by atoms with Gasteiger partial charge in [0.25, 0.3) is 11.8 Å². The van der Waals surface area contributed by atoms with E-state index >= 15 is 0 Å². The number of halogens is 4. The van der Waals surface area contributed by atoms with Crippen LogP contribution in [0.1, 0.15) is 53.6 Å². The van der Waals surface area contributed by atoms with Gasteiger partial charge in [0.1, 0.15) is 11.7 Å². The quantitative estimate of drug-likeness (QED) is 0.465. The highest BCUT2D eigenvalue weighted by Gasteiger charge is 2.50. The van der Waals surface area contributed by atoms with Crippen molar-refractivity contribution in [2.75, 3.05) is 13.1 Å². The highest BCUT2D eigenvalue weighted by molar-refractivity contribution is 6.33. The Hall–Kier alpha value is -3.53. The van der Waals surface area contributed by atoms with E-state index in [0.717, 1.165) is 29.1 Å². The Kier molecular flexibility index (Phi) is 6.65. The summed E-state index contributed by atoms with van der Waals surface area (Å²) in [7, 11) is 0. The number of nitrogens with one attached hydrogen (secondary N) is 2. The van der Waals surface area contributed by atoms with Gasteiger partial charge in [0.05, 0.1) is 28.2 Å². The summed E-state index contributed by atoms with van der Waals surface area (Å²) < 4.78 is 39.6. The molecule has 0 unspecified atom stereocenters. The van der Waals surface area contributed by atoms with E-state index in [1.807, 2.05) is 45.0 Å². The van der Waals surface area contributed by atoms with Crippen LogP contribution in [0.4, 0.5) is 13.2 Å². The molecule has 11 heteroatoms. The van der Waals surface area contributed by atoms with Crippen molar-refractivity contribution in [2.45, 2.75) is 51.5 Å². The van der Waals surface area contributed by atoms with Crippen molar-refractivity contribution in [2.24, 2.45) is 5.41 Å². The van der Waals surface area contributed by atoms with Crippen molar-refractivity contribution in [3.63, 3.8) is 0 Å². The zero-order chi connectivity index (χ0) is 28.3. The number of alkyl halides is 3. The molecule has 0 spiro atoms. The van der Waals surface area contributed by atoms with Crippen LogP contribution in [0.2, 0.25) is 5.02 Å². The van der Waals surface area contributed by atoms with Gasteiger partial charge in [0, 0.05) is 24.0 Å². The number of hydrogen-bond donors (Lipinski definition) is 2. The third-order valence-corrected chi connectivity index (χ3v) is 7.80. The average Bonchev–Trinajstić information content (AvgIpc) is 3.59. The SMILES string of the molecule is CC(C)(C)[C@H](NC(=O)c1cc2ccccc2[nH]1)C(=O)N1C[C@@H]2C[C@H]1CN2C(=O)c1cc(C(F)(F)F)ccc1Cl. The molecule has 2 aliphatic rings. The van der Waals surface area contributed by atoms with E-state index in [4.69, 9.17) is 11.6 Å². The summed E-state index contributed by atoms with van der Waals surface area (Å²) in [6, 6.07) is 10.4. The number of amides is 3. The molecule has 0 radical (unpaired) electrons. The summed E-state index contributed by atoms with van der Waals surface area (Å²) in [5, 5.41) is 3.71. The molecule has 39 heavy (non-hydrogen) atoms. The third kappa shape index (κ3) is 5.09. The number of aromatic nitrogens is 1. The van der Waals surface area contributed by atoms with E-state index in [2.05, 4.69) is 10.3 Å². The van der Waals surface area contributed by atoms with Gasteiger partial charge in [-0.1, -0.05) is 50.6 Å². The molecule has 2 fully saturated rings. The second-order valence-corrected chi connectivity index (χ2v) is 11.6. The Labute approximate surface area is 228 Å². The maximum absolute atomic E-state index is 13.7. The van der Waals surface area contributed by atoms with Crippen molar-refractivity contribution in [3.05, 3.63) is 70.4 Å². The number of H-pyrrole nitrogens is 1. The van der Waals surface area contributed by atoms with Crippen molar-refractivity contribution >= 4 is 40.2 Å². The van der Waals surface area contributed by atoms with E-state index in [9.17, 15) is 27.6 Å². The van der Waals surface area contributed by atoms with Crippen LogP contribution in [-0.2, 0) is 11.0 Å². The first-order chi connectivity index (χ1) is 18.2. The van der Waals surface area contributed by atoms with Gasteiger partial charge in [-0.15, -0.1) is 0 Å². The average molecular weight is 561 g/mol. The zero-order valence-electron chi connectivity index (χ0n) is 21.6. The molecule has 2 aliphatic heterocycles. The predicted octanol–water partition coefficient (Wildman–Crippen LogP) is 5.11. The van der Waals surface area contributed by atoms with Crippen molar-refractivity contribution < 1.29 is 27.6 Å². The number of rotatable bonds is 4. The molecule has 3 aromatic rings. The molecule has 0 aliphatic carbocycles. The summed E-state index contributed by atoms with van der Waals surface area (Å²) in [5.41, 5.74) is -0.619. The lowest BCUT2D eigenvalue weighted by atomic mass is 9.85. The summed E-state index contributed by atoms with van der Waals surface area (Å²) >= 11 is 6.10. The first-order valence-corrected chi connectivity index (χ1v) is 13.0. The topological polar surface area (TPSA) is 85.5 Å². The minimum absolute atomic E-state index is 0.0591. The molecule has 206 valence electrons. The number of benzene rings is 2. The Bertz CT molecular complexity index is 1430. The van der Waals surface area contributed by atoms with Gasteiger partial charge in [-0.05, 0) is 42.2 Å². The standard InChI is InChI=1S/C28H28ClF3N4O3/c1-27(2,3)23(34-24(37)22-10-15-6-4-5-7-21(15)33-22)26(39)36-14-17-12-18(36)13-35(17)25(38)19-11-16(28(30,31)32)8-9-20(19)29/h4-11,17-18,23,33H,12-14H2,1-3H3,(H,34,37)/t17-,18-,23+/m0/s1. The summed E-state index contributed by atoms with van der Waals surface area (Å²) in [6.45, 7) is 5.98. The van der Waals surface area contributed by atoms with Crippen LogP contribution in [0, 0.1) is 5.41 Å². The molecule has 2 aromatic carbocycles. The largest absolute Gasteiger partial charge is 0.416 e. The van der Waals surface area contributed by atoms with E-state index in [-0.39, 0.29) is 41.7 Å². The van der Waals surface area contributed by atoms with Gasteiger partial charge in [0.15, 0.2) is 0 Å². The number of likely N-dealkylation sites (tertiary alicyclic amines) is 2. The van der Waals surface area contributed by atoms with E-state index in [0.29, 0.717) is 12.1 Å². The normalized spacial score (nSPS) is 20.0. The van der Waals surface area contributed by atoms with Crippen LogP contribution < -0.4 is 5.32 Å². The lowest BCUT2D eigenvalue weighted by Crippen LogP contribution is -2.59. The Balaban J connectivity index is 1.31. The van der Waals surface area contributed by atoms with Gasteiger partial charge < -0.3 is 20.1 Å². The number of nitrogens with zero attached hydrogens (tertiary/aromatic N) is 2. The Morgan fingerprint density at radius 1 is 1.00 bits per heavy atom. The lowest BCUT2D eigenvalue weighted by molar-refractivity contribution is -0.138. The van der Waals surface area contributed by atoms with E-state index < -0.39 is 35.0 Å². The number of hydrogen-bond acceptors (Lipinski definition) is 3. The molecule has 2 bridgehead atoms. The monoisotopic (exact) mass is 560 g/mol. The molecule has 0 saturated carbocycles. The number of aromatic amines is 1. The highest BCUT2D eigenvalue weighted by Crippen LogP contribution is 2.37. The molecule has 7 nitrogen and oxygen atoms in total. The van der Waals surface area contributed by atoms with Crippen LogP contribution in [-0.4, -0.2) is 63.7 Å². The Morgan fingerprint density at radius 3 is 2.28 bits per heavy atom. The minimum Gasteiger partial charge on any atom is -0.351 e. The molecule has 3 amide bonds. The third-order valence-electron chi connectivity index (χ3n) is 7.47. The van der Waals surface area contributed by atoms with Gasteiger partial charge in [-0.3, -0.25) is 14.4 Å². The molecule has 3 heterocycles. The molecule has 2 N–H and O–H groups in total. The van der Waals surface area contributed by atoms with Crippen LogP contribution in [0.5, 0.6) is 0 Å². The maximum Gasteiger partial charge on any atom is 0.416 e. The predicted molar refractivity (Wildman–Crippen MR) is 140 cm³/mol. The smallest absolute Gasteiger partial charge is 0.351 e. The van der Waals surface area contributed by atoms with Crippen molar-refractivity contribution in [3.8, 4) is 0 Å². The molecule has 1 aromatic heterocycles. The second-order valence-electron chi connectivity index (χ2n) is 11.2. The summed E-state index contributed by atoms with van der Waals surface area (Å²) in [6.07, 6.45) is -4.10. The van der Waals surface area contributed by atoms with Gasteiger partial charge in [-0.2, -0.15) is 13.2 Å². The summed E-state index contributed by atoms with van der Waals surface area (Å²) in [4.78, 5) is 46.3. The molecule has 2 saturated heterocycles. The van der Waals surface area contributed by atoms with E-state index in [1.54, 1.807) is 11.0 Å². The maximum atomic E-state index is 13.7. The zero-order valence-corrected chi connectivity index (χ0v) is 22.4. The fourth-order valence-electron chi connectivity index (χ4n) is 5.42. The first-order valence-electron chi connectivity index (χ1n) is 12.6. The minimum atomic E-state index is -4.61. The number of fused-ring (bicyclic) bond motifs is 3. The van der Waals surface area contributed by atoms with Gasteiger partial charge in [0.2, 0.25) is 5.91 Å². The van der Waals surface area contributed by atoms with Crippen LogP contribution >= 0.6 is 11.6 Å². The highest BCUT2D eigenvalue weighted by atomic mass is 35.5. The van der Waals surface area contributed by atoms with Crippen molar-refractivity contribution in [1.29, 1.82) is 0 Å². The van der Waals surface area contributed by atoms with Crippen molar-refractivity contribution in [1.82, 2.24) is 20.1 Å². The van der Waals surface area contributed by atoms with Crippen LogP contribution in [0.3, 0.4) is 0 Å². The fraction of sp³-hybridized carbons (Fsp3) is 0.393. The molecule has 3 atom stereocenters. The second kappa shape index (κ2) is 9.59. The van der Waals surface area contributed by atoms with E-state index in [1.165, 1.54) is 4.90 Å². The lowest BCUT2D eigenvalue weighted by Gasteiger charge is -2.39. The van der Waals surface area contributed by atoms with Crippen LogP contribution in [0.15, 0.2) is 48.5 Å². The number of carbonyl (C=O) groups is 3. The first kappa shape index (κ1) is 27.1.